The lowest BCUT2D eigenvalue weighted by molar-refractivity contribution is -0.197. The molecule has 88 valence electrons. The molecule has 0 aromatic rings. The van der Waals surface area contributed by atoms with E-state index in [0.29, 0.717) is 6.08 Å². The fraction of sp³-hybridized carbons (Fsp3) is 0.625. The molecule has 0 aromatic heterocycles. The molecule has 0 heterocycles. The standard InChI is InChI=1S/C8H9F5O2/c1-3-5(14)15-4-8(12,13)6(9)7(2,10)11/h3,6H,1,4H2,2H3. The van der Waals surface area contributed by atoms with Crippen molar-refractivity contribution in [2.75, 3.05) is 6.61 Å². The van der Waals surface area contributed by atoms with Crippen molar-refractivity contribution in [3.8, 4) is 0 Å². The molecule has 0 radical (unpaired) electrons. The summed E-state index contributed by atoms with van der Waals surface area (Å²) >= 11 is 0. The van der Waals surface area contributed by atoms with Gasteiger partial charge >= 0.3 is 11.9 Å². The topological polar surface area (TPSA) is 26.3 Å². The quantitative estimate of drug-likeness (QED) is 0.413. The molecule has 15 heavy (non-hydrogen) atoms. The van der Waals surface area contributed by atoms with Crippen molar-refractivity contribution < 1.29 is 31.5 Å². The molecular formula is C8H9F5O2. The van der Waals surface area contributed by atoms with Crippen molar-refractivity contribution >= 4 is 5.97 Å². The SMILES string of the molecule is C=CC(=O)OCC(F)(F)C(F)C(C)(F)F. The van der Waals surface area contributed by atoms with Gasteiger partial charge in [0.2, 0.25) is 6.17 Å². The van der Waals surface area contributed by atoms with Gasteiger partial charge in [0.1, 0.15) is 0 Å². The number of carbonyl (C=O) groups excluding carboxylic acids is 1. The van der Waals surface area contributed by atoms with Gasteiger partial charge in [0.15, 0.2) is 6.61 Å². The molecule has 1 unspecified atom stereocenters. The van der Waals surface area contributed by atoms with E-state index in [9.17, 15) is 26.7 Å². The second-order valence-electron chi connectivity index (χ2n) is 2.89. The number of ether oxygens (including phenoxy) is 1. The molecule has 0 amide bonds. The van der Waals surface area contributed by atoms with Crippen LogP contribution in [0.25, 0.3) is 0 Å². The van der Waals surface area contributed by atoms with Gasteiger partial charge in [-0.05, 0) is 0 Å². The summed E-state index contributed by atoms with van der Waals surface area (Å²) in [6.07, 6.45) is -3.14. The minimum atomic E-state index is -4.43. The zero-order valence-electron chi connectivity index (χ0n) is 7.78. The molecule has 7 heteroatoms. The largest absolute Gasteiger partial charge is 0.456 e. The fourth-order valence-electron chi connectivity index (χ4n) is 0.670. The molecule has 0 saturated heterocycles. The van der Waals surface area contributed by atoms with E-state index in [4.69, 9.17) is 0 Å². The lowest BCUT2D eigenvalue weighted by Crippen LogP contribution is -2.45. The van der Waals surface area contributed by atoms with Crippen molar-refractivity contribution in [1.82, 2.24) is 0 Å². The van der Waals surface area contributed by atoms with E-state index in [-0.39, 0.29) is 6.92 Å². The molecule has 0 aromatic carbocycles. The summed E-state index contributed by atoms with van der Waals surface area (Å²) < 4.78 is 66.0. The summed E-state index contributed by atoms with van der Waals surface area (Å²) in [4.78, 5) is 10.3. The Labute approximate surface area is 82.7 Å². The van der Waals surface area contributed by atoms with Gasteiger partial charge in [-0.15, -0.1) is 0 Å². The molecule has 0 aliphatic carbocycles. The van der Waals surface area contributed by atoms with Crippen LogP contribution in [0.1, 0.15) is 6.92 Å². The minimum absolute atomic E-state index is 0.0148. The lowest BCUT2D eigenvalue weighted by atomic mass is 10.1. The van der Waals surface area contributed by atoms with E-state index < -0.39 is 30.6 Å². The molecule has 0 aliphatic rings. The molecule has 0 rings (SSSR count). The van der Waals surface area contributed by atoms with Crippen LogP contribution in [0.3, 0.4) is 0 Å². The molecule has 0 fully saturated rings. The van der Waals surface area contributed by atoms with Gasteiger partial charge in [0, 0.05) is 13.0 Å². The predicted octanol–water partition coefficient (Wildman–Crippen LogP) is 2.34. The third-order valence-corrected chi connectivity index (χ3v) is 1.39. The first-order chi connectivity index (χ1) is 6.61. The molecule has 0 saturated carbocycles. The third-order valence-electron chi connectivity index (χ3n) is 1.39. The number of halogens is 5. The first-order valence-corrected chi connectivity index (χ1v) is 3.80. The smallest absolute Gasteiger partial charge is 0.330 e. The minimum Gasteiger partial charge on any atom is -0.456 e. The van der Waals surface area contributed by atoms with E-state index in [2.05, 4.69) is 11.3 Å². The Morgan fingerprint density at radius 2 is 1.93 bits per heavy atom. The predicted molar refractivity (Wildman–Crippen MR) is 41.6 cm³/mol. The van der Waals surface area contributed by atoms with Gasteiger partial charge < -0.3 is 4.74 Å². The molecule has 0 aliphatic heterocycles. The summed E-state index contributed by atoms with van der Waals surface area (Å²) in [6.45, 7) is 1.16. The first-order valence-electron chi connectivity index (χ1n) is 3.80. The Morgan fingerprint density at radius 3 is 2.27 bits per heavy atom. The van der Waals surface area contributed by atoms with Crippen LogP contribution in [0.4, 0.5) is 22.0 Å². The van der Waals surface area contributed by atoms with Crippen molar-refractivity contribution in [3.05, 3.63) is 12.7 Å². The van der Waals surface area contributed by atoms with Gasteiger partial charge in [0.25, 0.3) is 5.92 Å². The maximum atomic E-state index is 12.6. The monoisotopic (exact) mass is 232 g/mol. The van der Waals surface area contributed by atoms with Crippen LogP contribution in [0.2, 0.25) is 0 Å². The molecule has 1 atom stereocenters. The van der Waals surface area contributed by atoms with Crippen molar-refractivity contribution in [3.63, 3.8) is 0 Å². The normalized spacial score (nSPS) is 14.5. The van der Waals surface area contributed by atoms with E-state index in [1.165, 1.54) is 0 Å². The van der Waals surface area contributed by atoms with Crippen LogP contribution in [-0.2, 0) is 9.53 Å². The van der Waals surface area contributed by atoms with Crippen LogP contribution >= 0.6 is 0 Å². The molecule has 2 nitrogen and oxygen atoms in total. The maximum Gasteiger partial charge on any atom is 0.330 e. The van der Waals surface area contributed by atoms with Crippen LogP contribution in [0.5, 0.6) is 0 Å². The highest BCUT2D eigenvalue weighted by Gasteiger charge is 2.53. The summed E-state index contributed by atoms with van der Waals surface area (Å²) in [5.41, 5.74) is 0. The van der Waals surface area contributed by atoms with E-state index in [0.717, 1.165) is 0 Å². The van der Waals surface area contributed by atoms with Crippen LogP contribution in [0.15, 0.2) is 12.7 Å². The number of esters is 1. The Bertz CT molecular complexity index is 246. The average Bonchev–Trinajstić information content (AvgIpc) is 2.11. The van der Waals surface area contributed by atoms with E-state index in [1.54, 1.807) is 0 Å². The van der Waals surface area contributed by atoms with Crippen LogP contribution < -0.4 is 0 Å². The van der Waals surface area contributed by atoms with Crippen molar-refractivity contribution in [1.29, 1.82) is 0 Å². The van der Waals surface area contributed by atoms with Gasteiger partial charge in [-0.3, -0.25) is 0 Å². The van der Waals surface area contributed by atoms with Crippen molar-refractivity contribution in [2.24, 2.45) is 0 Å². The Hall–Kier alpha value is -1.14. The molecule has 0 N–H and O–H groups in total. The number of carbonyl (C=O) groups is 1. The maximum absolute atomic E-state index is 12.6. The molecule has 0 spiro atoms. The lowest BCUT2D eigenvalue weighted by Gasteiger charge is -2.24. The Kier molecular flexibility index (Phi) is 4.24. The zero-order chi connectivity index (χ0) is 12.3. The highest BCUT2D eigenvalue weighted by Crippen LogP contribution is 2.33. The number of rotatable bonds is 5. The van der Waals surface area contributed by atoms with Crippen molar-refractivity contribution in [2.45, 2.75) is 24.9 Å². The Morgan fingerprint density at radius 1 is 1.47 bits per heavy atom. The summed E-state index contributed by atoms with van der Waals surface area (Å²) in [7, 11) is 0. The zero-order valence-corrected chi connectivity index (χ0v) is 7.78. The molecule has 0 bridgehead atoms. The first kappa shape index (κ1) is 13.9. The van der Waals surface area contributed by atoms with Crippen LogP contribution in [-0.4, -0.2) is 30.6 Å². The highest BCUT2D eigenvalue weighted by atomic mass is 19.3. The summed E-state index contributed by atoms with van der Waals surface area (Å²) in [6, 6.07) is 0. The molecular weight excluding hydrogens is 223 g/mol. The third kappa shape index (κ3) is 4.26. The van der Waals surface area contributed by atoms with Gasteiger partial charge in [-0.1, -0.05) is 6.58 Å². The summed E-state index contributed by atoms with van der Waals surface area (Å²) in [5.74, 6) is -9.87. The van der Waals surface area contributed by atoms with Gasteiger partial charge in [-0.2, -0.15) is 8.78 Å². The Balaban J connectivity index is 4.41. The second kappa shape index (κ2) is 4.59. The highest BCUT2D eigenvalue weighted by molar-refractivity contribution is 5.81. The average molecular weight is 232 g/mol. The van der Waals surface area contributed by atoms with Gasteiger partial charge in [-0.25, -0.2) is 18.0 Å². The second-order valence-corrected chi connectivity index (χ2v) is 2.89. The van der Waals surface area contributed by atoms with E-state index in [1.807, 2.05) is 0 Å². The number of alkyl halides is 5. The van der Waals surface area contributed by atoms with Crippen LogP contribution in [0, 0.1) is 0 Å². The van der Waals surface area contributed by atoms with Gasteiger partial charge in [0.05, 0.1) is 0 Å². The van der Waals surface area contributed by atoms with E-state index >= 15 is 0 Å². The number of hydrogen-bond donors (Lipinski definition) is 0. The number of hydrogen-bond acceptors (Lipinski definition) is 2. The summed E-state index contributed by atoms with van der Waals surface area (Å²) in [5, 5.41) is 0. The fourth-order valence-corrected chi connectivity index (χ4v) is 0.670.